The average Bonchev–Trinajstić information content (AvgIpc) is 2.45. The maximum atomic E-state index is 12.1. The Bertz CT molecular complexity index is 455. The quantitative estimate of drug-likeness (QED) is 0.792. The molecule has 1 aromatic rings. The molecule has 0 spiro atoms. The van der Waals surface area contributed by atoms with Gasteiger partial charge in [-0.15, -0.1) is 0 Å². The van der Waals surface area contributed by atoms with Gasteiger partial charge in [0.1, 0.15) is 0 Å². The van der Waals surface area contributed by atoms with E-state index in [9.17, 15) is 4.79 Å². The number of carbonyl (C=O) groups excluding carboxylic acids is 1. The molecule has 1 fully saturated rings. The number of nitrogens with zero attached hydrogens (tertiary/aromatic N) is 2. The SMILES string of the molecule is CC(CNC(=O)c1ccccc1N)N1CCN(C)CC1. The molecule has 1 unspecified atom stereocenters. The maximum absolute atomic E-state index is 12.1. The lowest BCUT2D eigenvalue weighted by Gasteiger charge is -2.36. The van der Waals surface area contributed by atoms with E-state index < -0.39 is 0 Å². The molecule has 1 aliphatic heterocycles. The molecule has 0 radical (unpaired) electrons. The van der Waals surface area contributed by atoms with Crippen LogP contribution in [0.1, 0.15) is 17.3 Å². The van der Waals surface area contributed by atoms with Crippen LogP contribution in [0.25, 0.3) is 0 Å². The first-order valence-electron chi connectivity index (χ1n) is 7.13. The summed E-state index contributed by atoms with van der Waals surface area (Å²) in [6.07, 6.45) is 0. The van der Waals surface area contributed by atoms with E-state index in [0.717, 1.165) is 26.2 Å². The van der Waals surface area contributed by atoms with Crippen molar-refractivity contribution in [1.82, 2.24) is 15.1 Å². The van der Waals surface area contributed by atoms with Gasteiger partial charge in [-0.3, -0.25) is 9.69 Å². The highest BCUT2D eigenvalue weighted by molar-refractivity contribution is 5.99. The minimum atomic E-state index is -0.0934. The fourth-order valence-electron chi connectivity index (χ4n) is 2.43. The van der Waals surface area contributed by atoms with E-state index in [0.29, 0.717) is 23.8 Å². The lowest BCUT2D eigenvalue weighted by Crippen LogP contribution is -2.51. The van der Waals surface area contributed by atoms with Crippen molar-refractivity contribution in [2.75, 3.05) is 45.5 Å². The van der Waals surface area contributed by atoms with E-state index in [4.69, 9.17) is 5.73 Å². The third-order valence-corrected chi connectivity index (χ3v) is 3.92. The Morgan fingerprint density at radius 1 is 1.30 bits per heavy atom. The van der Waals surface area contributed by atoms with Gasteiger partial charge in [0.05, 0.1) is 5.56 Å². The third-order valence-electron chi connectivity index (χ3n) is 3.92. The standard InChI is InChI=1S/C15H24N4O/c1-12(19-9-7-18(2)8-10-19)11-17-15(20)13-5-3-4-6-14(13)16/h3-6,12H,7-11,16H2,1-2H3,(H,17,20). The number of piperazine rings is 1. The number of para-hydroxylation sites is 1. The number of likely N-dealkylation sites (N-methyl/N-ethyl adjacent to an activating group) is 1. The Kier molecular flexibility index (Phi) is 4.98. The van der Waals surface area contributed by atoms with Gasteiger partial charge in [-0.25, -0.2) is 0 Å². The van der Waals surface area contributed by atoms with Crippen molar-refractivity contribution in [3.63, 3.8) is 0 Å². The average molecular weight is 276 g/mol. The molecule has 1 saturated heterocycles. The predicted octanol–water partition coefficient (Wildman–Crippen LogP) is 0.635. The van der Waals surface area contributed by atoms with Gasteiger partial charge in [0, 0.05) is 44.5 Å². The lowest BCUT2D eigenvalue weighted by molar-refractivity contribution is 0.0904. The van der Waals surface area contributed by atoms with Gasteiger partial charge in [-0.2, -0.15) is 0 Å². The summed E-state index contributed by atoms with van der Waals surface area (Å²) in [5.41, 5.74) is 6.89. The number of hydrogen-bond acceptors (Lipinski definition) is 4. The van der Waals surface area contributed by atoms with Gasteiger partial charge in [-0.05, 0) is 26.1 Å². The summed E-state index contributed by atoms with van der Waals surface area (Å²) < 4.78 is 0. The number of nitrogens with one attached hydrogen (secondary N) is 1. The monoisotopic (exact) mass is 276 g/mol. The van der Waals surface area contributed by atoms with Crippen LogP contribution in [0.5, 0.6) is 0 Å². The summed E-state index contributed by atoms with van der Waals surface area (Å²) in [6.45, 7) is 7.09. The van der Waals surface area contributed by atoms with Gasteiger partial charge in [-0.1, -0.05) is 12.1 Å². The summed E-state index contributed by atoms with van der Waals surface area (Å²) in [5, 5.41) is 2.97. The van der Waals surface area contributed by atoms with Crippen LogP contribution in [0, 0.1) is 0 Å². The van der Waals surface area contributed by atoms with E-state index in [1.165, 1.54) is 0 Å². The maximum Gasteiger partial charge on any atom is 0.253 e. The first-order valence-corrected chi connectivity index (χ1v) is 7.13. The van der Waals surface area contributed by atoms with Crippen LogP contribution in [0.3, 0.4) is 0 Å². The van der Waals surface area contributed by atoms with Crippen molar-refractivity contribution in [3.05, 3.63) is 29.8 Å². The third kappa shape index (κ3) is 3.71. The largest absolute Gasteiger partial charge is 0.398 e. The van der Waals surface area contributed by atoms with E-state index >= 15 is 0 Å². The zero-order chi connectivity index (χ0) is 14.5. The summed E-state index contributed by atoms with van der Waals surface area (Å²) >= 11 is 0. The molecule has 110 valence electrons. The second-order valence-corrected chi connectivity index (χ2v) is 5.49. The molecule has 1 atom stereocenters. The van der Waals surface area contributed by atoms with Gasteiger partial charge in [0.25, 0.3) is 5.91 Å². The molecule has 1 amide bonds. The number of carbonyl (C=O) groups is 1. The van der Waals surface area contributed by atoms with Crippen molar-refractivity contribution in [3.8, 4) is 0 Å². The molecule has 0 saturated carbocycles. The Morgan fingerprint density at radius 2 is 1.95 bits per heavy atom. The highest BCUT2D eigenvalue weighted by Crippen LogP contribution is 2.10. The lowest BCUT2D eigenvalue weighted by atomic mass is 10.1. The molecule has 1 aliphatic rings. The van der Waals surface area contributed by atoms with Crippen LogP contribution in [0.4, 0.5) is 5.69 Å². The number of amides is 1. The topological polar surface area (TPSA) is 61.6 Å². The minimum Gasteiger partial charge on any atom is -0.398 e. The molecule has 0 bridgehead atoms. The van der Waals surface area contributed by atoms with Crippen LogP contribution in [-0.4, -0.2) is 61.5 Å². The number of nitrogens with two attached hydrogens (primary N) is 1. The minimum absolute atomic E-state index is 0.0934. The number of rotatable bonds is 4. The van der Waals surface area contributed by atoms with Gasteiger partial charge < -0.3 is 16.0 Å². The van der Waals surface area contributed by atoms with Crippen molar-refractivity contribution >= 4 is 11.6 Å². The van der Waals surface area contributed by atoms with E-state index in [1.807, 2.05) is 12.1 Å². The Hall–Kier alpha value is -1.59. The Morgan fingerprint density at radius 3 is 2.60 bits per heavy atom. The van der Waals surface area contributed by atoms with Gasteiger partial charge in [0.2, 0.25) is 0 Å². The zero-order valence-electron chi connectivity index (χ0n) is 12.3. The van der Waals surface area contributed by atoms with Crippen LogP contribution < -0.4 is 11.1 Å². The van der Waals surface area contributed by atoms with E-state index in [-0.39, 0.29) is 5.91 Å². The predicted molar refractivity (Wildman–Crippen MR) is 81.7 cm³/mol. The first kappa shape index (κ1) is 14.8. The summed E-state index contributed by atoms with van der Waals surface area (Å²) in [5.74, 6) is -0.0934. The van der Waals surface area contributed by atoms with Crippen molar-refractivity contribution in [1.29, 1.82) is 0 Å². The fourth-order valence-corrected chi connectivity index (χ4v) is 2.43. The van der Waals surface area contributed by atoms with Gasteiger partial charge >= 0.3 is 0 Å². The van der Waals surface area contributed by atoms with Crippen LogP contribution in [0.2, 0.25) is 0 Å². The van der Waals surface area contributed by atoms with Crippen molar-refractivity contribution in [2.24, 2.45) is 0 Å². The zero-order valence-corrected chi connectivity index (χ0v) is 12.3. The van der Waals surface area contributed by atoms with Crippen LogP contribution in [0.15, 0.2) is 24.3 Å². The summed E-state index contributed by atoms with van der Waals surface area (Å²) in [6, 6.07) is 7.51. The summed E-state index contributed by atoms with van der Waals surface area (Å²) in [4.78, 5) is 16.8. The second-order valence-electron chi connectivity index (χ2n) is 5.49. The molecule has 1 aromatic carbocycles. The Balaban J connectivity index is 1.83. The smallest absolute Gasteiger partial charge is 0.253 e. The molecular formula is C15H24N4O. The van der Waals surface area contributed by atoms with E-state index in [2.05, 4.69) is 29.1 Å². The molecule has 0 aromatic heterocycles. The molecule has 20 heavy (non-hydrogen) atoms. The van der Waals surface area contributed by atoms with Crippen LogP contribution in [-0.2, 0) is 0 Å². The fraction of sp³-hybridized carbons (Fsp3) is 0.533. The van der Waals surface area contributed by atoms with Gasteiger partial charge in [0.15, 0.2) is 0 Å². The normalized spacial score (nSPS) is 18.7. The number of anilines is 1. The van der Waals surface area contributed by atoms with Crippen molar-refractivity contribution in [2.45, 2.75) is 13.0 Å². The van der Waals surface area contributed by atoms with E-state index in [1.54, 1.807) is 12.1 Å². The highest BCUT2D eigenvalue weighted by Gasteiger charge is 2.19. The Labute approximate surface area is 120 Å². The molecule has 5 nitrogen and oxygen atoms in total. The number of hydrogen-bond donors (Lipinski definition) is 2. The second kappa shape index (κ2) is 6.72. The first-order chi connectivity index (χ1) is 9.58. The molecule has 0 aliphatic carbocycles. The molecular weight excluding hydrogens is 252 g/mol. The summed E-state index contributed by atoms with van der Waals surface area (Å²) in [7, 11) is 2.14. The molecule has 3 N–H and O–H groups in total. The van der Waals surface area contributed by atoms with Crippen LogP contribution >= 0.6 is 0 Å². The molecule has 5 heteroatoms. The number of benzene rings is 1. The molecule has 2 rings (SSSR count). The molecule has 1 heterocycles. The highest BCUT2D eigenvalue weighted by atomic mass is 16.1. The number of nitrogen functional groups attached to an aromatic ring is 1. The van der Waals surface area contributed by atoms with Crippen molar-refractivity contribution < 1.29 is 4.79 Å².